The van der Waals surface area contributed by atoms with Crippen molar-refractivity contribution in [2.24, 2.45) is 5.92 Å². The maximum atomic E-state index is 12.8. The minimum atomic E-state index is -0.678. The van der Waals surface area contributed by atoms with E-state index in [0.717, 1.165) is 31.2 Å². The Morgan fingerprint density at radius 1 is 1.17 bits per heavy atom. The molecule has 4 heteroatoms. The lowest BCUT2D eigenvalue weighted by Gasteiger charge is -2.57. The summed E-state index contributed by atoms with van der Waals surface area (Å²) in [5, 5.41) is 0. The summed E-state index contributed by atoms with van der Waals surface area (Å²) in [7, 11) is 1.67. The van der Waals surface area contributed by atoms with Gasteiger partial charge in [-0.1, -0.05) is 49.6 Å². The number of hydrogen-bond acceptors (Lipinski definition) is 3. The summed E-state index contributed by atoms with van der Waals surface area (Å²) in [5.74, 6) is -0.660. The fourth-order valence-corrected chi connectivity index (χ4v) is 4.44. The molecule has 1 aliphatic heterocycles. The summed E-state index contributed by atoms with van der Waals surface area (Å²) in [5.41, 5.74) is 0.334. The Labute approximate surface area is 144 Å². The Morgan fingerprint density at radius 2 is 1.79 bits per heavy atom. The highest BCUT2D eigenvalue weighted by Crippen LogP contribution is 2.45. The molecule has 3 atom stereocenters. The first-order valence-electron chi connectivity index (χ1n) is 8.94. The molecule has 2 aliphatic rings. The Bertz CT molecular complexity index is 609. The molecule has 1 unspecified atom stereocenters. The molecule has 0 radical (unpaired) electrons. The van der Waals surface area contributed by atoms with Crippen LogP contribution in [0.15, 0.2) is 30.3 Å². The van der Waals surface area contributed by atoms with Crippen molar-refractivity contribution in [2.45, 2.75) is 63.6 Å². The predicted octanol–water partition coefficient (Wildman–Crippen LogP) is 3.30. The van der Waals surface area contributed by atoms with Crippen LogP contribution < -0.4 is 0 Å². The second-order valence-electron chi connectivity index (χ2n) is 7.25. The molecule has 2 fully saturated rings. The molecule has 0 N–H and O–H groups in total. The number of rotatable bonds is 5. The van der Waals surface area contributed by atoms with Crippen molar-refractivity contribution in [2.75, 3.05) is 7.11 Å². The largest absolute Gasteiger partial charge is 0.372 e. The van der Waals surface area contributed by atoms with Crippen molar-refractivity contribution >= 4 is 11.7 Å². The van der Waals surface area contributed by atoms with Crippen LogP contribution in [0.1, 0.15) is 51.5 Å². The highest BCUT2D eigenvalue weighted by Gasteiger charge is 2.60. The summed E-state index contributed by atoms with van der Waals surface area (Å²) >= 11 is 0. The van der Waals surface area contributed by atoms with Gasteiger partial charge in [0.1, 0.15) is 17.3 Å². The van der Waals surface area contributed by atoms with Gasteiger partial charge in [0, 0.05) is 13.2 Å². The number of Topliss-reactive ketones (excluding diaryl/α,β-unsaturated/α-hetero) is 1. The summed E-state index contributed by atoms with van der Waals surface area (Å²) < 4.78 is 5.93. The van der Waals surface area contributed by atoms with E-state index >= 15 is 0 Å². The van der Waals surface area contributed by atoms with Crippen LogP contribution in [0.5, 0.6) is 0 Å². The molecule has 3 rings (SSSR count). The van der Waals surface area contributed by atoms with Gasteiger partial charge >= 0.3 is 0 Å². The Kier molecular flexibility index (Phi) is 4.77. The third kappa shape index (κ3) is 2.67. The number of carbonyl (C=O) groups is 2. The monoisotopic (exact) mass is 329 g/mol. The smallest absolute Gasteiger partial charge is 0.236 e. The van der Waals surface area contributed by atoms with Crippen molar-refractivity contribution in [1.82, 2.24) is 4.90 Å². The fourth-order valence-electron chi connectivity index (χ4n) is 4.44. The Balaban J connectivity index is 1.98. The van der Waals surface area contributed by atoms with Crippen LogP contribution in [0.25, 0.3) is 0 Å². The third-order valence-electron chi connectivity index (χ3n) is 5.88. The molecule has 0 spiro atoms. The van der Waals surface area contributed by atoms with Gasteiger partial charge in [-0.2, -0.15) is 0 Å². The van der Waals surface area contributed by atoms with E-state index in [1.165, 1.54) is 13.3 Å². The summed E-state index contributed by atoms with van der Waals surface area (Å²) in [6.07, 6.45) is 5.60. The van der Waals surface area contributed by atoms with Gasteiger partial charge in [0.2, 0.25) is 5.91 Å². The zero-order chi connectivity index (χ0) is 17.3. The third-order valence-corrected chi connectivity index (χ3v) is 5.88. The maximum absolute atomic E-state index is 12.8. The number of methoxy groups -OCH3 is 1. The molecule has 1 saturated heterocycles. The highest BCUT2D eigenvalue weighted by atomic mass is 16.5. The molecule has 0 aromatic heterocycles. The molecule has 4 nitrogen and oxygen atoms in total. The zero-order valence-corrected chi connectivity index (χ0v) is 14.8. The molecule has 1 amide bonds. The summed E-state index contributed by atoms with van der Waals surface area (Å²) in [6, 6.07) is 9.96. The number of ketones is 1. The van der Waals surface area contributed by atoms with Crippen LogP contribution in [0.3, 0.4) is 0 Å². The molecule has 1 saturated carbocycles. The average Bonchev–Trinajstić information content (AvgIpc) is 2.60. The van der Waals surface area contributed by atoms with Crippen LogP contribution in [0.2, 0.25) is 0 Å². The first-order valence-corrected chi connectivity index (χ1v) is 8.94. The number of nitrogens with zero attached hydrogens (tertiary/aromatic N) is 1. The fraction of sp³-hybridized carbons (Fsp3) is 0.600. The number of carbonyl (C=O) groups excluding carboxylic acids is 2. The molecular formula is C20H27NO3. The molecule has 1 aromatic rings. The first-order chi connectivity index (χ1) is 11.5. The van der Waals surface area contributed by atoms with Crippen LogP contribution in [0, 0.1) is 5.92 Å². The number of hydrogen-bond donors (Lipinski definition) is 0. The second-order valence-corrected chi connectivity index (χ2v) is 7.25. The van der Waals surface area contributed by atoms with Gasteiger partial charge in [-0.3, -0.25) is 9.59 Å². The van der Waals surface area contributed by atoms with Gasteiger partial charge in [-0.15, -0.1) is 0 Å². The summed E-state index contributed by atoms with van der Waals surface area (Å²) in [4.78, 5) is 26.9. The lowest BCUT2D eigenvalue weighted by molar-refractivity contribution is -0.191. The number of likely N-dealkylation sites (tertiary alicyclic amines) is 1. The Morgan fingerprint density at radius 3 is 2.33 bits per heavy atom. The standard InChI is InChI=1S/C20H27NO3/c1-14(22)17-18(20(2,24-3)15-10-6-4-7-11-15)21(19(17)23)16-12-8-5-9-13-16/h4,6-7,10-11,16-18H,5,8-9,12-13H2,1-3H3/t17-,18+,20?/m1/s1. The van der Waals surface area contributed by atoms with Crippen molar-refractivity contribution in [3.63, 3.8) is 0 Å². The lowest BCUT2D eigenvalue weighted by Crippen LogP contribution is -2.72. The minimum Gasteiger partial charge on any atom is -0.372 e. The maximum Gasteiger partial charge on any atom is 0.236 e. The van der Waals surface area contributed by atoms with Crippen LogP contribution in [-0.2, 0) is 19.9 Å². The lowest BCUT2D eigenvalue weighted by atomic mass is 9.70. The quantitative estimate of drug-likeness (QED) is 0.615. The minimum absolute atomic E-state index is 0.0152. The number of ether oxygens (including phenoxy) is 1. The molecule has 1 aromatic carbocycles. The van der Waals surface area contributed by atoms with Gasteiger partial charge in [0.05, 0.1) is 6.04 Å². The number of β-lactam (4-membered cyclic amide) rings is 1. The Hall–Kier alpha value is -1.68. The van der Waals surface area contributed by atoms with Crippen LogP contribution in [-0.4, -0.2) is 35.8 Å². The van der Waals surface area contributed by atoms with Crippen molar-refractivity contribution < 1.29 is 14.3 Å². The predicted molar refractivity (Wildman–Crippen MR) is 92.5 cm³/mol. The highest BCUT2D eigenvalue weighted by molar-refractivity contribution is 6.06. The van der Waals surface area contributed by atoms with E-state index in [9.17, 15) is 9.59 Å². The van der Waals surface area contributed by atoms with Gasteiger partial charge in [0.15, 0.2) is 0 Å². The topological polar surface area (TPSA) is 46.6 Å². The van der Waals surface area contributed by atoms with Gasteiger partial charge < -0.3 is 9.64 Å². The number of amides is 1. The van der Waals surface area contributed by atoms with E-state index in [2.05, 4.69) is 0 Å². The van der Waals surface area contributed by atoms with E-state index < -0.39 is 11.5 Å². The molecule has 1 heterocycles. The average molecular weight is 329 g/mol. The number of benzene rings is 1. The molecular weight excluding hydrogens is 302 g/mol. The molecule has 24 heavy (non-hydrogen) atoms. The molecule has 1 aliphatic carbocycles. The van der Waals surface area contributed by atoms with Gasteiger partial charge in [-0.05, 0) is 32.3 Å². The van der Waals surface area contributed by atoms with Gasteiger partial charge in [-0.25, -0.2) is 0 Å². The second kappa shape index (κ2) is 6.67. The van der Waals surface area contributed by atoms with E-state index in [0.29, 0.717) is 0 Å². The van der Waals surface area contributed by atoms with Gasteiger partial charge in [0.25, 0.3) is 0 Å². The SMILES string of the molecule is COC(C)(c1ccccc1)[C@@H]1[C@@H](C(C)=O)C(=O)N1C1CCCCC1. The van der Waals surface area contributed by atoms with Crippen molar-refractivity contribution in [3.05, 3.63) is 35.9 Å². The van der Waals surface area contributed by atoms with E-state index in [1.807, 2.05) is 42.2 Å². The molecule has 130 valence electrons. The van der Waals surface area contributed by atoms with Crippen LogP contribution in [0.4, 0.5) is 0 Å². The van der Waals surface area contributed by atoms with Crippen molar-refractivity contribution in [3.8, 4) is 0 Å². The molecule has 0 bridgehead atoms. The van der Waals surface area contributed by atoms with E-state index in [-0.39, 0.29) is 23.8 Å². The zero-order valence-electron chi connectivity index (χ0n) is 14.8. The van der Waals surface area contributed by atoms with Crippen LogP contribution >= 0.6 is 0 Å². The van der Waals surface area contributed by atoms with E-state index in [4.69, 9.17) is 4.74 Å². The first kappa shape index (κ1) is 17.2. The van der Waals surface area contributed by atoms with E-state index in [1.54, 1.807) is 7.11 Å². The normalized spacial score (nSPS) is 27.5. The van der Waals surface area contributed by atoms with Crippen molar-refractivity contribution in [1.29, 1.82) is 0 Å². The summed E-state index contributed by atoms with van der Waals surface area (Å²) in [6.45, 7) is 3.53.